The van der Waals surface area contributed by atoms with Gasteiger partial charge in [0.05, 0.1) is 17.4 Å². The third-order valence-electron chi connectivity index (χ3n) is 6.14. The van der Waals surface area contributed by atoms with Crippen LogP contribution >= 0.6 is 11.6 Å². The van der Waals surface area contributed by atoms with Crippen molar-refractivity contribution in [1.82, 2.24) is 0 Å². The van der Waals surface area contributed by atoms with E-state index in [0.29, 0.717) is 28.4 Å². The van der Waals surface area contributed by atoms with Gasteiger partial charge in [-0.15, -0.1) is 0 Å². The Bertz CT molecular complexity index is 1250. The van der Waals surface area contributed by atoms with Gasteiger partial charge < -0.3 is 10.6 Å². The minimum absolute atomic E-state index is 0.0599. The molecule has 3 aromatic carbocycles. The number of nitrogens with one attached hydrogen (secondary N) is 2. The van der Waals surface area contributed by atoms with Gasteiger partial charge in [0.15, 0.2) is 5.78 Å². The molecule has 1 aliphatic heterocycles. The van der Waals surface area contributed by atoms with Gasteiger partial charge in [-0.2, -0.15) is 0 Å². The Balaban J connectivity index is 1.68. The van der Waals surface area contributed by atoms with Crippen molar-refractivity contribution in [3.05, 3.63) is 100 Å². The number of halogens is 1. The first-order valence-electron chi connectivity index (χ1n) is 11.1. The van der Waals surface area contributed by atoms with E-state index in [1.807, 2.05) is 67.6 Å². The number of Topliss-reactive ketones (excluding diaryl/α,β-unsaturated/α-hetero) is 1. The molecule has 0 aromatic heterocycles. The summed E-state index contributed by atoms with van der Waals surface area (Å²) in [6.07, 6.45) is 2.01. The van der Waals surface area contributed by atoms with E-state index in [1.165, 1.54) is 0 Å². The molecule has 0 fully saturated rings. The Kier molecular flexibility index (Phi) is 5.65. The van der Waals surface area contributed by atoms with Crippen LogP contribution in [0.2, 0.25) is 5.02 Å². The summed E-state index contributed by atoms with van der Waals surface area (Å²) in [6.45, 7) is 2.00. The van der Waals surface area contributed by atoms with Crippen LogP contribution in [0.15, 0.2) is 84.1 Å². The van der Waals surface area contributed by atoms with Gasteiger partial charge in [-0.3, -0.25) is 9.69 Å². The molecule has 1 atom stereocenters. The highest BCUT2D eigenvalue weighted by Gasteiger charge is 2.39. The van der Waals surface area contributed by atoms with Crippen LogP contribution in [0.1, 0.15) is 36.4 Å². The smallest absolute Gasteiger partial charge is 0.327 e. The molecule has 1 heterocycles. The topological polar surface area (TPSA) is 61.4 Å². The molecule has 5 rings (SSSR count). The number of fused-ring (bicyclic) bond motifs is 1. The first-order chi connectivity index (χ1) is 16.0. The Hall–Kier alpha value is -3.57. The van der Waals surface area contributed by atoms with E-state index in [1.54, 1.807) is 17.0 Å². The predicted octanol–water partition coefficient (Wildman–Crippen LogP) is 6.86. The molecule has 2 N–H and O–H groups in total. The summed E-state index contributed by atoms with van der Waals surface area (Å²) in [5.74, 6) is 0.0599. The number of benzene rings is 3. The number of rotatable bonds is 2. The second kappa shape index (κ2) is 8.75. The monoisotopic (exact) mass is 457 g/mol. The molecule has 3 aromatic rings. The van der Waals surface area contributed by atoms with Crippen LogP contribution in [-0.4, -0.2) is 11.8 Å². The SMILES string of the molecule is Cc1ccc(NC(=O)N2c3ccccc3NC3=C(C(=O)CCC3)[C@H]2c2ccc(Cl)cc2)cc1. The Morgan fingerprint density at radius 1 is 1.00 bits per heavy atom. The zero-order valence-electron chi connectivity index (χ0n) is 18.3. The van der Waals surface area contributed by atoms with Crippen molar-refractivity contribution in [2.24, 2.45) is 0 Å². The molecule has 0 radical (unpaired) electrons. The number of nitrogens with zero attached hydrogens (tertiary/aromatic N) is 1. The second-order valence-corrected chi connectivity index (χ2v) is 8.87. The maximum Gasteiger partial charge on any atom is 0.327 e. The fourth-order valence-electron chi connectivity index (χ4n) is 4.54. The number of carbonyl (C=O) groups is 2. The van der Waals surface area contributed by atoms with Gasteiger partial charge in [-0.25, -0.2) is 4.79 Å². The number of anilines is 3. The van der Waals surface area contributed by atoms with E-state index in [9.17, 15) is 9.59 Å². The second-order valence-electron chi connectivity index (χ2n) is 8.43. The van der Waals surface area contributed by atoms with Crippen molar-refractivity contribution >= 4 is 40.5 Å². The number of carbonyl (C=O) groups excluding carboxylic acids is 2. The third kappa shape index (κ3) is 4.12. The van der Waals surface area contributed by atoms with Gasteiger partial charge in [0.25, 0.3) is 0 Å². The van der Waals surface area contributed by atoms with Crippen LogP contribution in [0, 0.1) is 6.92 Å². The summed E-state index contributed by atoms with van der Waals surface area (Å²) < 4.78 is 0. The molecule has 1 aliphatic carbocycles. The van der Waals surface area contributed by atoms with E-state index in [4.69, 9.17) is 11.6 Å². The quantitative estimate of drug-likeness (QED) is 0.441. The number of hydrogen-bond donors (Lipinski definition) is 2. The van der Waals surface area contributed by atoms with E-state index < -0.39 is 6.04 Å². The molecule has 0 bridgehead atoms. The number of aryl methyl sites for hydroxylation is 1. The van der Waals surface area contributed by atoms with Crippen molar-refractivity contribution in [3.63, 3.8) is 0 Å². The van der Waals surface area contributed by atoms with Crippen molar-refractivity contribution in [1.29, 1.82) is 0 Å². The Morgan fingerprint density at radius 2 is 1.73 bits per heavy atom. The van der Waals surface area contributed by atoms with Gasteiger partial charge in [-0.05, 0) is 61.7 Å². The molecular weight excluding hydrogens is 434 g/mol. The molecule has 0 spiro atoms. The first kappa shape index (κ1) is 21.3. The maximum atomic E-state index is 13.8. The van der Waals surface area contributed by atoms with E-state index in [2.05, 4.69) is 10.6 Å². The predicted molar refractivity (Wildman–Crippen MR) is 133 cm³/mol. The lowest BCUT2D eigenvalue weighted by Crippen LogP contribution is -2.40. The molecule has 2 amide bonds. The number of para-hydroxylation sites is 2. The van der Waals surface area contributed by atoms with Crippen LogP contribution < -0.4 is 15.5 Å². The van der Waals surface area contributed by atoms with Crippen LogP contribution in [0.4, 0.5) is 21.9 Å². The van der Waals surface area contributed by atoms with Crippen molar-refractivity contribution in [2.45, 2.75) is 32.2 Å². The molecule has 166 valence electrons. The zero-order chi connectivity index (χ0) is 22.9. The highest BCUT2D eigenvalue weighted by molar-refractivity contribution is 6.30. The van der Waals surface area contributed by atoms with Gasteiger partial charge in [-0.1, -0.05) is 53.6 Å². The molecule has 0 saturated carbocycles. The summed E-state index contributed by atoms with van der Waals surface area (Å²) in [6, 6.07) is 21.8. The molecular formula is C27H24ClN3O2. The van der Waals surface area contributed by atoms with Gasteiger partial charge in [0.2, 0.25) is 0 Å². The first-order valence-corrected chi connectivity index (χ1v) is 11.4. The van der Waals surface area contributed by atoms with Gasteiger partial charge in [0, 0.05) is 28.4 Å². The summed E-state index contributed by atoms with van der Waals surface area (Å²) in [4.78, 5) is 28.8. The van der Waals surface area contributed by atoms with Crippen molar-refractivity contribution in [2.75, 3.05) is 15.5 Å². The Labute approximate surface area is 198 Å². The number of allylic oxidation sites excluding steroid dienone is 1. The largest absolute Gasteiger partial charge is 0.357 e. The third-order valence-corrected chi connectivity index (χ3v) is 6.40. The van der Waals surface area contributed by atoms with Crippen molar-refractivity contribution in [3.8, 4) is 0 Å². The lowest BCUT2D eigenvalue weighted by Gasteiger charge is -2.34. The lowest BCUT2D eigenvalue weighted by molar-refractivity contribution is -0.116. The molecule has 33 heavy (non-hydrogen) atoms. The lowest BCUT2D eigenvalue weighted by atomic mass is 9.86. The van der Waals surface area contributed by atoms with Crippen molar-refractivity contribution < 1.29 is 9.59 Å². The number of ketones is 1. The molecule has 6 heteroatoms. The molecule has 2 aliphatic rings. The fourth-order valence-corrected chi connectivity index (χ4v) is 4.66. The number of urea groups is 1. The van der Waals surface area contributed by atoms with E-state index >= 15 is 0 Å². The van der Waals surface area contributed by atoms with E-state index in [-0.39, 0.29) is 11.8 Å². The summed E-state index contributed by atoms with van der Waals surface area (Å²) in [7, 11) is 0. The normalized spacial score (nSPS) is 17.6. The Morgan fingerprint density at radius 3 is 2.48 bits per heavy atom. The van der Waals surface area contributed by atoms with Gasteiger partial charge >= 0.3 is 6.03 Å². The minimum Gasteiger partial charge on any atom is -0.357 e. The molecule has 0 saturated heterocycles. The zero-order valence-corrected chi connectivity index (χ0v) is 19.0. The minimum atomic E-state index is -0.577. The highest BCUT2D eigenvalue weighted by atomic mass is 35.5. The van der Waals surface area contributed by atoms with E-state index in [0.717, 1.165) is 35.4 Å². The summed E-state index contributed by atoms with van der Waals surface area (Å²) in [5, 5.41) is 7.10. The maximum absolute atomic E-state index is 13.8. The molecule has 5 nitrogen and oxygen atoms in total. The number of hydrogen-bond acceptors (Lipinski definition) is 3. The van der Waals surface area contributed by atoms with Crippen LogP contribution in [0.25, 0.3) is 0 Å². The van der Waals surface area contributed by atoms with Gasteiger partial charge in [0.1, 0.15) is 0 Å². The average molecular weight is 458 g/mol. The standard InChI is InChI=1S/C27H24ClN3O2/c1-17-9-15-20(16-10-17)29-27(33)31-23-7-3-2-5-21(23)30-22-6-4-8-24(32)25(22)26(31)18-11-13-19(28)14-12-18/h2-3,5,7,9-16,26,30H,4,6,8H2,1H3,(H,29,33)/t26-/m1/s1. The summed E-state index contributed by atoms with van der Waals surface area (Å²) >= 11 is 6.16. The van der Waals surface area contributed by atoms with Crippen LogP contribution in [0.5, 0.6) is 0 Å². The highest BCUT2D eigenvalue weighted by Crippen LogP contribution is 2.45. The molecule has 0 unspecified atom stereocenters. The summed E-state index contributed by atoms with van der Waals surface area (Å²) in [5.41, 5.74) is 5.67. The fraction of sp³-hybridized carbons (Fsp3) is 0.185. The van der Waals surface area contributed by atoms with Crippen LogP contribution in [-0.2, 0) is 4.79 Å². The number of amides is 2. The average Bonchev–Trinajstić information content (AvgIpc) is 2.96. The van der Waals surface area contributed by atoms with Crippen LogP contribution in [0.3, 0.4) is 0 Å².